The van der Waals surface area contributed by atoms with Crippen LogP contribution >= 0.6 is 0 Å². The highest BCUT2D eigenvalue weighted by Crippen LogP contribution is 2.51. The third-order valence-electron chi connectivity index (χ3n) is 14.6. The lowest BCUT2D eigenvalue weighted by Gasteiger charge is -2.48. The predicted octanol–water partition coefficient (Wildman–Crippen LogP) is 9.65. The summed E-state index contributed by atoms with van der Waals surface area (Å²) in [5, 5.41) is 45.8. The van der Waals surface area contributed by atoms with Crippen LogP contribution in [0.25, 0.3) is 0 Å². The van der Waals surface area contributed by atoms with Gasteiger partial charge in [0.05, 0.1) is 24.4 Å². The number of aliphatic hydroxyl groups excluding tert-OH is 4. The van der Waals surface area contributed by atoms with Gasteiger partial charge >= 0.3 is 0 Å². The van der Waals surface area contributed by atoms with Gasteiger partial charge in [0.15, 0.2) is 0 Å². The van der Waals surface area contributed by atoms with Crippen LogP contribution in [0.4, 0.5) is 22.7 Å². The van der Waals surface area contributed by atoms with Crippen molar-refractivity contribution in [2.24, 2.45) is 0 Å². The Hall–Kier alpha value is -4.08. The van der Waals surface area contributed by atoms with Crippen LogP contribution < -0.4 is 19.6 Å². The molecule has 7 rings (SSSR count). The van der Waals surface area contributed by atoms with Crippen LogP contribution in [0.15, 0.2) is 84.9 Å². The zero-order valence-electron chi connectivity index (χ0n) is 38.6. The molecule has 4 unspecified atom stereocenters. The highest BCUT2D eigenvalue weighted by Gasteiger charge is 2.52. The highest BCUT2D eigenvalue weighted by atomic mass is 16.3. The van der Waals surface area contributed by atoms with Crippen molar-refractivity contribution in [2.75, 3.05) is 72.0 Å². The maximum absolute atomic E-state index is 11.4. The third-order valence-corrected chi connectivity index (χ3v) is 14.6. The Morgan fingerprint density at radius 3 is 1.02 bits per heavy atom. The number of anilines is 4. The molecular weight excluding hydrogens is 769 g/mol. The van der Waals surface area contributed by atoms with Crippen molar-refractivity contribution in [1.29, 1.82) is 0 Å². The highest BCUT2D eigenvalue weighted by molar-refractivity contribution is 5.57. The second-order valence-corrected chi connectivity index (χ2v) is 18.7. The van der Waals surface area contributed by atoms with Crippen molar-refractivity contribution in [3.8, 4) is 0 Å². The fraction of sp³-hybridized carbons (Fsp3) is 0.556. The van der Waals surface area contributed by atoms with E-state index in [9.17, 15) is 20.4 Å². The molecule has 62 heavy (non-hydrogen) atoms. The van der Waals surface area contributed by atoms with Crippen LogP contribution in [0.5, 0.6) is 0 Å². The minimum absolute atomic E-state index is 0.286. The summed E-state index contributed by atoms with van der Waals surface area (Å²) in [6.45, 7) is 20.9. The van der Waals surface area contributed by atoms with Crippen LogP contribution in [-0.2, 0) is 0 Å². The molecule has 336 valence electrons. The summed E-state index contributed by atoms with van der Waals surface area (Å²) >= 11 is 0. The van der Waals surface area contributed by atoms with Gasteiger partial charge in [0.2, 0.25) is 0 Å². The number of aliphatic hydroxyl groups is 4. The molecule has 1 heterocycles. The SMILES string of the molecule is CCCCN(CCCC)c1ccc(C2C(O)C(c3ccc(N4CCN(c5ccc(C6C(O)C(c7ccc(N(CCCC)CCCC)cc7C)C6O)cc5)CC4)cc3)C2O)c(C)c1. The average Bonchev–Trinajstić information content (AvgIpc) is 3.28. The van der Waals surface area contributed by atoms with Crippen LogP contribution in [0.2, 0.25) is 0 Å². The topological polar surface area (TPSA) is 93.9 Å². The quantitative estimate of drug-likeness (QED) is 0.0700. The molecule has 3 fully saturated rings. The first-order chi connectivity index (χ1) is 30.1. The Morgan fingerprint density at radius 2 is 0.742 bits per heavy atom. The first-order valence-electron chi connectivity index (χ1n) is 24.2. The van der Waals surface area contributed by atoms with Gasteiger partial charge in [-0.05, 0) is 121 Å². The Balaban J connectivity index is 0.908. The van der Waals surface area contributed by atoms with Gasteiger partial charge in [0.25, 0.3) is 0 Å². The maximum Gasteiger partial charge on any atom is 0.0727 e. The van der Waals surface area contributed by atoms with Crippen LogP contribution in [0.3, 0.4) is 0 Å². The van der Waals surface area contributed by atoms with E-state index in [0.29, 0.717) is 0 Å². The smallest absolute Gasteiger partial charge is 0.0727 e. The van der Waals surface area contributed by atoms with Gasteiger partial charge < -0.3 is 40.0 Å². The number of hydrogen-bond acceptors (Lipinski definition) is 8. The van der Waals surface area contributed by atoms with Gasteiger partial charge in [-0.3, -0.25) is 0 Å². The molecule has 4 atom stereocenters. The molecule has 0 spiro atoms. The molecule has 2 aliphatic carbocycles. The lowest BCUT2D eigenvalue weighted by molar-refractivity contribution is -0.0791. The summed E-state index contributed by atoms with van der Waals surface area (Å²) in [5.41, 5.74) is 11.1. The molecule has 0 bridgehead atoms. The lowest BCUT2D eigenvalue weighted by Crippen LogP contribution is -2.52. The van der Waals surface area contributed by atoms with E-state index in [0.717, 1.165) is 97.1 Å². The number of aryl methyl sites for hydroxylation is 2. The molecule has 1 aliphatic heterocycles. The molecule has 1 saturated heterocycles. The number of hydrogen-bond donors (Lipinski definition) is 4. The zero-order valence-corrected chi connectivity index (χ0v) is 38.6. The summed E-state index contributed by atoms with van der Waals surface area (Å²) in [6.07, 6.45) is 6.85. The summed E-state index contributed by atoms with van der Waals surface area (Å²) in [4.78, 5) is 9.78. The standard InChI is InChI=1S/C54H76N4O4/c1-7-11-27-55(28-12-8-2)43-23-25-45(37(5)35-43)49-51(59)47(52(49)60)39-15-19-41(20-16-39)57-31-33-58(34-32-57)42-21-17-40(18-22-42)48-53(61)50(54(48)62)46-26-24-44(36-38(46)6)56(29-13-9-3)30-14-10-4/h15-26,35-36,47-54,59-62H,7-14,27-34H2,1-6H3. The molecule has 0 aromatic heterocycles. The molecule has 8 nitrogen and oxygen atoms in total. The van der Waals surface area contributed by atoms with E-state index in [4.69, 9.17) is 0 Å². The van der Waals surface area contributed by atoms with E-state index in [1.54, 1.807) is 0 Å². The van der Waals surface area contributed by atoms with Gasteiger partial charge in [-0.1, -0.05) is 89.8 Å². The largest absolute Gasteiger partial charge is 0.392 e. The number of benzene rings is 4. The van der Waals surface area contributed by atoms with E-state index in [1.807, 2.05) is 0 Å². The Labute approximate surface area is 373 Å². The molecule has 0 amide bonds. The maximum atomic E-state index is 11.4. The van der Waals surface area contributed by atoms with E-state index in [2.05, 4.69) is 146 Å². The number of piperazine rings is 1. The second-order valence-electron chi connectivity index (χ2n) is 18.7. The summed E-state index contributed by atoms with van der Waals surface area (Å²) in [5.74, 6) is -1.18. The van der Waals surface area contributed by atoms with Crippen LogP contribution in [0, 0.1) is 13.8 Å². The molecule has 3 aliphatic rings. The Bertz CT molecular complexity index is 1830. The van der Waals surface area contributed by atoms with E-state index in [1.165, 1.54) is 62.7 Å². The fourth-order valence-corrected chi connectivity index (χ4v) is 10.6. The number of nitrogens with zero attached hydrogens (tertiary/aromatic N) is 4. The normalized spacial score (nSPS) is 24.7. The molecule has 8 heteroatoms. The summed E-state index contributed by atoms with van der Waals surface area (Å²) in [7, 11) is 0. The van der Waals surface area contributed by atoms with Gasteiger partial charge in [0, 0.05) is 98.8 Å². The van der Waals surface area contributed by atoms with Crippen molar-refractivity contribution in [1.82, 2.24) is 0 Å². The molecule has 4 N–H and O–H groups in total. The summed E-state index contributed by atoms with van der Waals surface area (Å²) in [6, 6.07) is 30.0. The van der Waals surface area contributed by atoms with Crippen molar-refractivity contribution in [3.05, 3.63) is 118 Å². The molecule has 4 aromatic carbocycles. The van der Waals surface area contributed by atoms with Gasteiger partial charge in [-0.25, -0.2) is 0 Å². The van der Waals surface area contributed by atoms with Crippen molar-refractivity contribution in [2.45, 2.75) is 141 Å². The lowest BCUT2D eigenvalue weighted by atomic mass is 9.62. The van der Waals surface area contributed by atoms with Gasteiger partial charge in [0.1, 0.15) is 0 Å². The Kier molecular flexibility index (Phi) is 15.6. The monoisotopic (exact) mass is 845 g/mol. The molecular formula is C54H76N4O4. The van der Waals surface area contributed by atoms with Gasteiger partial charge in [-0.15, -0.1) is 0 Å². The molecule has 4 aromatic rings. The minimum atomic E-state index is -0.632. The first-order valence-corrected chi connectivity index (χ1v) is 24.2. The second kappa shape index (κ2) is 21.1. The third kappa shape index (κ3) is 9.69. The average molecular weight is 845 g/mol. The fourth-order valence-electron chi connectivity index (χ4n) is 10.6. The predicted molar refractivity (Wildman–Crippen MR) is 259 cm³/mol. The number of rotatable bonds is 20. The van der Waals surface area contributed by atoms with E-state index < -0.39 is 24.4 Å². The molecule has 0 radical (unpaired) electrons. The first kappa shape index (κ1) is 45.9. The zero-order chi connectivity index (χ0) is 43.9. The summed E-state index contributed by atoms with van der Waals surface area (Å²) < 4.78 is 0. The number of unbranched alkanes of at least 4 members (excludes halogenated alkanes) is 4. The van der Waals surface area contributed by atoms with Crippen molar-refractivity contribution < 1.29 is 20.4 Å². The van der Waals surface area contributed by atoms with Crippen LogP contribution in [0.1, 0.15) is 136 Å². The van der Waals surface area contributed by atoms with Crippen molar-refractivity contribution in [3.63, 3.8) is 0 Å². The molecule has 2 saturated carbocycles. The van der Waals surface area contributed by atoms with Gasteiger partial charge in [-0.2, -0.15) is 0 Å². The van der Waals surface area contributed by atoms with Crippen LogP contribution in [-0.4, -0.2) is 97.2 Å². The Morgan fingerprint density at radius 1 is 0.435 bits per heavy atom. The van der Waals surface area contributed by atoms with E-state index >= 15 is 0 Å². The van der Waals surface area contributed by atoms with Crippen molar-refractivity contribution >= 4 is 22.7 Å². The minimum Gasteiger partial charge on any atom is -0.392 e. The van der Waals surface area contributed by atoms with E-state index in [-0.39, 0.29) is 23.7 Å².